The minimum Gasteiger partial charge on any atom is -0.497 e. The zero-order valence-corrected chi connectivity index (χ0v) is 13.9. The van der Waals surface area contributed by atoms with Crippen LogP contribution in [0.5, 0.6) is 5.75 Å². The number of nitrogens with one attached hydrogen (secondary N) is 1. The number of benzene rings is 1. The number of furan rings is 1. The van der Waals surface area contributed by atoms with Gasteiger partial charge in [-0.05, 0) is 29.8 Å². The predicted molar refractivity (Wildman–Crippen MR) is 90.8 cm³/mol. The topological polar surface area (TPSA) is 58.0 Å². The number of piperazine rings is 1. The first-order valence-corrected chi connectivity index (χ1v) is 8.15. The molecule has 3 rings (SSSR count). The summed E-state index contributed by atoms with van der Waals surface area (Å²) in [6, 6.07) is 11.8. The summed E-state index contributed by atoms with van der Waals surface area (Å²) >= 11 is 0. The van der Waals surface area contributed by atoms with E-state index in [0.717, 1.165) is 44.2 Å². The van der Waals surface area contributed by atoms with Crippen LogP contribution in [-0.4, -0.2) is 49.1 Å². The van der Waals surface area contributed by atoms with E-state index < -0.39 is 0 Å². The third-order valence-corrected chi connectivity index (χ3v) is 4.22. The Labute approximate surface area is 142 Å². The van der Waals surface area contributed by atoms with Crippen molar-refractivity contribution in [3.63, 3.8) is 0 Å². The summed E-state index contributed by atoms with van der Waals surface area (Å²) in [6.07, 6.45) is 1.61. The Morgan fingerprint density at radius 2 is 1.92 bits per heavy atom. The van der Waals surface area contributed by atoms with Crippen molar-refractivity contribution >= 4 is 6.03 Å². The molecule has 6 heteroatoms. The molecule has 6 nitrogen and oxygen atoms in total. The summed E-state index contributed by atoms with van der Waals surface area (Å²) in [5, 5.41) is 2.89. The maximum absolute atomic E-state index is 12.2. The summed E-state index contributed by atoms with van der Waals surface area (Å²) in [5.41, 5.74) is 1.26. The number of amides is 2. The number of methoxy groups -OCH3 is 1. The van der Waals surface area contributed by atoms with Crippen molar-refractivity contribution in [3.8, 4) is 5.75 Å². The standard InChI is InChI=1S/C18H23N3O3/c1-23-16-6-4-15(5-7-16)14-20-8-10-21(11-9-20)18(22)19-13-17-3-2-12-24-17/h2-7,12H,8-11,13-14H2,1H3,(H,19,22). The molecule has 0 radical (unpaired) electrons. The first-order chi connectivity index (χ1) is 11.7. The van der Waals surface area contributed by atoms with Crippen LogP contribution in [0.1, 0.15) is 11.3 Å². The van der Waals surface area contributed by atoms with E-state index in [1.165, 1.54) is 5.56 Å². The minimum absolute atomic E-state index is 0.0319. The van der Waals surface area contributed by atoms with E-state index in [0.29, 0.717) is 6.54 Å². The second-order valence-corrected chi connectivity index (χ2v) is 5.85. The maximum Gasteiger partial charge on any atom is 0.317 e. The molecule has 1 aliphatic heterocycles. The molecule has 24 heavy (non-hydrogen) atoms. The van der Waals surface area contributed by atoms with Crippen LogP contribution in [0.15, 0.2) is 47.1 Å². The van der Waals surface area contributed by atoms with E-state index in [2.05, 4.69) is 22.3 Å². The van der Waals surface area contributed by atoms with Crippen LogP contribution in [0.2, 0.25) is 0 Å². The highest BCUT2D eigenvalue weighted by molar-refractivity contribution is 5.74. The van der Waals surface area contributed by atoms with Crippen LogP contribution in [0.4, 0.5) is 4.79 Å². The summed E-state index contributed by atoms with van der Waals surface area (Å²) < 4.78 is 10.4. The molecule has 0 bridgehead atoms. The molecule has 1 aromatic heterocycles. The number of nitrogens with zero attached hydrogens (tertiary/aromatic N) is 2. The largest absolute Gasteiger partial charge is 0.497 e. The molecular weight excluding hydrogens is 306 g/mol. The van der Waals surface area contributed by atoms with E-state index in [4.69, 9.17) is 9.15 Å². The highest BCUT2D eigenvalue weighted by Crippen LogP contribution is 2.14. The average Bonchev–Trinajstić information content (AvgIpc) is 3.14. The van der Waals surface area contributed by atoms with Gasteiger partial charge in [-0.25, -0.2) is 4.79 Å². The summed E-state index contributed by atoms with van der Waals surface area (Å²) in [6.45, 7) is 4.55. The first kappa shape index (κ1) is 16.4. The highest BCUT2D eigenvalue weighted by atomic mass is 16.5. The maximum atomic E-state index is 12.2. The van der Waals surface area contributed by atoms with Crippen molar-refractivity contribution in [1.29, 1.82) is 0 Å². The van der Waals surface area contributed by atoms with Gasteiger partial charge >= 0.3 is 6.03 Å². The number of urea groups is 1. The Bertz CT molecular complexity index is 632. The normalized spacial score (nSPS) is 15.3. The van der Waals surface area contributed by atoms with Crippen LogP contribution < -0.4 is 10.1 Å². The quantitative estimate of drug-likeness (QED) is 0.914. The predicted octanol–water partition coefficient (Wildman–Crippen LogP) is 2.32. The van der Waals surface area contributed by atoms with Gasteiger partial charge in [-0.3, -0.25) is 4.90 Å². The Morgan fingerprint density at radius 3 is 2.54 bits per heavy atom. The summed E-state index contributed by atoms with van der Waals surface area (Å²) in [7, 11) is 1.67. The Kier molecular flexibility index (Phi) is 5.38. The van der Waals surface area contributed by atoms with Gasteiger partial charge in [0.25, 0.3) is 0 Å². The van der Waals surface area contributed by atoms with Crippen LogP contribution >= 0.6 is 0 Å². The molecule has 1 aromatic carbocycles. The third-order valence-electron chi connectivity index (χ3n) is 4.22. The monoisotopic (exact) mass is 329 g/mol. The SMILES string of the molecule is COc1ccc(CN2CCN(C(=O)NCc3ccco3)CC2)cc1. The fraction of sp³-hybridized carbons (Fsp3) is 0.389. The number of carbonyl (C=O) groups is 1. The second-order valence-electron chi connectivity index (χ2n) is 5.85. The molecule has 1 N–H and O–H groups in total. The number of rotatable bonds is 5. The molecule has 1 saturated heterocycles. The molecule has 0 aliphatic carbocycles. The van der Waals surface area contributed by atoms with E-state index in [1.54, 1.807) is 13.4 Å². The van der Waals surface area contributed by atoms with Gasteiger partial charge in [0.1, 0.15) is 11.5 Å². The lowest BCUT2D eigenvalue weighted by Gasteiger charge is -2.34. The van der Waals surface area contributed by atoms with Gasteiger partial charge in [0.05, 0.1) is 19.9 Å². The number of carbonyl (C=O) groups excluding carboxylic acids is 1. The van der Waals surface area contributed by atoms with Gasteiger partial charge in [-0.1, -0.05) is 12.1 Å². The van der Waals surface area contributed by atoms with Crippen LogP contribution in [0.25, 0.3) is 0 Å². The van der Waals surface area contributed by atoms with Gasteiger partial charge in [-0.15, -0.1) is 0 Å². The minimum atomic E-state index is -0.0319. The van der Waals surface area contributed by atoms with Crippen molar-refractivity contribution in [2.75, 3.05) is 33.3 Å². The number of hydrogen-bond acceptors (Lipinski definition) is 4. The molecule has 2 aromatic rings. The van der Waals surface area contributed by atoms with Crippen molar-refractivity contribution in [1.82, 2.24) is 15.1 Å². The van der Waals surface area contributed by atoms with Crippen LogP contribution in [0.3, 0.4) is 0 Å². The number of ether oxygens (including phenoxy) is 1. The molecular formula is C18H23N3O3. The van der Waals surface area contributed by atoms with E-state index in [1.807, 2.05) is 29.2 Å². The van der Waals surface area contributed by atoms with Gasteiger partial charge in [0.15, 0.2) is 0 Å². The van der Waals surface area contributed by atoms with Crippen molar-refractivity contribution in [2.45, 2.75) is 13.1 Å². The molecule has 1 fully saturated rings. The van der Waals surface area contributed by atoms with Crippen LogP contribution in [-0.2, 0) is 13.1 Å². The summed E-state index contributed by atoms with van der Waals surface area (Å²) in [5.74, 6) is 1.64. The molecule has 1 aliphatic rings. The molecule has 0 atom stereocenters. The van der Waals surface area contributed by atoms with E-state index in [9.17, 15) is 4.79 Å². The zero-order valence-electron chi connectivity index (χ0n) is 13.9. The number of hydrogen-bond donors (Lipinski definition) is 1. The Balaban J connectivity index is 1.42. The molecule has 2 heterocycles. The van der Waals surface area contributed by atoms with Gasteiger partial charge in [0.2, 0.25) is 0 Å². The highest BCUT2D eigenvalue weighted by Gasteiger charge is 2.21. The summed E-state index contributed by atoms with van der Waals surface area (Å²) in [4.78, 5) is 16.4. The van der Waals surface area contributed by atoms with Crippen molar-refractivity contribution < 1.29 is 13.9 Å². The molecule has 0 unspecified atom stereocenters. The lowest BCUT2D eigenvalue weighted by atomic mass is 10.2. The molecule has 0 saturated carbocycles. The van der Waals surface area contributed by atoms with Gasteiger partial charge in [-0.2, -0.15) is 0 Å². The Morgan fingerprint density at radius 1 is 1.17 bits per heavy atom. The fourth-order valence-electron chi connectivity index (χ4n) is 2.79. The molecule has 128 valence electrons. The second kappa shape index (κ2) is 7.88. The molecule has 0 spiro atoms. The lowest BCUT2D eigenvalue weighted by Crippen LogP contribution is -2.51. The van der Waals surface area contributed by atoms with Gasteiger partial charge < -0.3 is 19.4 Å². The van der Waals surface area contributed by atoms with Crippen LogP contribution in [0, 0.1) is 0 Å². The van der Waals surface area contributed by atoms with Crippen molar-refractivity contribution in [3.05, 3.63) is 54.0 Å². The fourth-order valence-corrected chi connectivity index (χ4v) is 2.79. The van der Waals surface area contributed by atoms with E-state index >= 15 is 0 Å². The first-order valence-electron chi connectivity index (χ1n) is 8.15. The smallest absolute Gasteiger partial charge is 0.317 e. The van der Waals surface area contributed by atoms with Crippen molar-refractivity contribution in [2.24, 2.45) is 0 Å². The average molecular weight is 329 g/mol. The Hall–Kier alpha value is -2.47. The zero-order chi connectivity index (χ0) is 16.8. The molecule has 2 amide bonds. The van der Waals surface area contributed by atoms with Gasteiger partial charge in [0, 0.05) is 32.7 Å². The third kappa shape index (κ3) is 4.29. The lowest BCUT2D eigenvalue weighted by molar-refractivity contribution is 0.134. The van der Waals surface area contributed by atoms with E-state index in [-0.39, 0.29) is 6.03 Å².